The number of hydrogen-bond donors (Lipinski definition) is 1. The lowest BCUT2D eigenvalue weighted by molar-refractivity contribution is -0.292. The van der Waals surface area contributed by atoms with Crippen LogP contribution < -0.4 is 0 Å². The highest BCUT2D eigenvalue weighted by Gasteiger charge is 2.52. The van der Waals surface area contributed by atoms with Gasteiger partial charge in [0.05, 0.1) is 12.2 Å². The zero-order valence-corrected chi connectivity index (χ0v) is 17.5. The number of hydrogen-bond acceptors (Lipinski definition) is 4. The van der Waals surface area contributed by atoms with Crippen molar-refractivity contribution in [2.75, 3.05) is 0 Å². The SMILES string of the molecule is CCCCCCCCCCC[C@@H]1C[C@H](O)C[C@@]2(CCC3(C=CC(=O)C=C3)O2)O1. The first-order chi connectivity index (χ1) is 13.5. The van der Waals surface area contributed by atoms with Crippen molar-refractivity contribution in [3.8, 4) is 0 Å². The summed E-state index contributed by atoms with van der Waals surface area (Å²) >= 11 is 0. The first kappa shape index (κ1) is 21.7. The molecule has 0 unspecified atom stereocenters. The molecule has 0 aromatic heterocycles. The van der Waals surface area contributed by atoms with E-state index in [0.29, 0.717) is 12.8 Å². The van der Waals surface area contributed by atoms with Crippen molar-refractivity contribution in [2.24, 2.45) is 0 Å². The summed E-state index contributed by atoms with van der Waals surface area (Å²) in [5.41, 5.74) is -0.534. The Morgan fingerprint density at radius 2 is 1.64 bits per heavy atom. The van der Waals surface area contributed by atoms with Crippen LogP contribution in [0.15, 0.2) is 24.3 Å². The average Bonchev–Trinajstić information content (AvgIpc) is 3.00. The molecule has 0 amide bonds. The molecule has 4 heteroatoms. The summed E-state index contributed by atoms with van der Waals surface area (Å²) in [5.74, 6) is -0.695. The molecule has 2 spiro atoms. The molecule has 0 saturated carbocycles. The van der Waals surface area contributed by atoms with Crippen LogP contribution >= 0.6 is 0 Å². The van der Waals surface area contributed by atoms with Crippen LogP contribution in [0.1, 0.15) is 96.8 Å². The molecular formula is C24H38O4. The zero-order valence-electron chi connectivity index (χ0n) is 17.5. The average molecular weight is 391 g/mol. The summed E-state index contributed by atoms with van der Waals surface area (Å²) in [6.45, 7) is 2.26. The number of aliphatic hydroxyl groups excluding tert-OH is 1. The minimum Gasteiger partial charge on any atom is -0.393 e. The molecule has 4 nitrogen and oxygen atoms in total. The van der Waals surface area contributed by atoms with Gasteiger partial charge in [-0.2, -0.15) is 0 Å². The Morgan fingerprint density at radius 1 is 1.00 bits per heavy atom. The molecule has 2 saturated heterocycles. The van der Waals surface area contributed by atoms with Crippen molar-refractivity contribution < 1.29 is 19.4 Å². The summed E-state index contributed by atoms with van der Waals surface area (Å²) in [6.07, 6.45) is 22.2. The van der Waals surface area contributed by atoms with Crippen LogP contribution in [0.25, 0.3) is 0 Å². The van der Waals surface area contributed by atoms with Crippen LogP contribution in [-0.2, 0) is 14.3 Å². The van der Waals surface area contributed by atoms with Crippen LogP contribution in [0.3, 0.4) is 0 Å². The molecule has 158 valence electrons. The normalized spacial score (nSPS) is 31.3. The molecule has 2 aliphatic heterocycles. The Bertz CT molecular complexity index is 551. The summed E-state index contributed by atoms with van der Waals surface area (Å²) in [7, 11) is 0. The van der Waals surface area contributed by atoms with Gasteiger partial charge in [-0.1, -0.05) is 64.7 Å². The topological polar surface area (TPSA) is 55.8 Å². The molecule has 3 aliphatic rings. The van der Waals surface area contributed by atoms with Gasteiger partial charge < -0.3 is 14.6 Å². The van der Waals surface area contributed by atoms with E-state index in [0.717, 1.165) is 25.7 Å². The fourth-order valence-electron chi connectivity index (χ4n) is 4.86. The molecule has 28 heavy (non-hydrogen) atoms. The number of carbonyl (C=O) groups is 1. The minimum absolute atomic E-state index is 0.00279. The Morgan fingerprint density at radius 3 is 2.32 bits per heavy atom. The van der Waals surface area contributed by atoms with Gasteiger partial charge in [-0.05, 0) is 43.6 Å². The van der Waals surface area contributed by atoms with Gasteiger partial charge in [0.1, 0.15) is 5.60 Å². The second-order valence-corrected chi connectivity index (χ2v) is 8.99. The molecular weight excluding hydrogens is 352 g/mol. The first-order valence-corrected chi connectivity index (χ1v) is 11.5. The maximum Gasteiger partial charge on any atom is 0.178 e. The standard InChI is InChI=1S/C24H38O4/c1-2-3-4-5-6-7-8-9-10-11-22-18-21(26)19-24(27-22)17-16-23(28-24)14-12-20(25)13-15-23/h12-15,21-22,26H,2-11,16-19H2,1H3/t21-,22+,24-/m0/s1. The van der Waals surface area contributed by atoms with Crippen LogP contribution in [0.5, 0.6) is 0 Å². The van der Waals surface area contributed by atoms with Crippen LogP contribution in [0.4, 0.5) is 0 Å². The lowest BCUT2D eigenvalue weighted by atomic mass is 9.91. The number of unbranched alkanes of at least 4 members (excludes halogenated alkanes) is 8. The fraction of sp³-hybridized carbons (Fsp3) is 0.792. The van der Waals surface area contributed by atoms with Gasteiger partial charge in [-0.3, -0.25) is 4.79 Å². The molecule has 0 bridgehead atoms. The van der Waals surface area contributed by atoms with E-state index >= 15 is 0 Å². The van der Waals surface area contributed by atoms with Gasteiger partial charge in [0.25, 0.3) is 0 Å². The predicted octanol–water partition coefficient (Wildman–Crippen LogP) is 5.39. The molecule has 1 N–H and O–H groups in total. The highest BCUT2D eigenvalue weighted by molar-refractivity contribution is 6.00. The molecule has 0 aromatic carbocycles. The molecule has 3 rings (SSSR count). The molecule has 1 aliphatic carbocycles. The number of allylic oxidation sites excluding steroid dienone is 2. The first-order valence-electron chi connectivity index (χ1n) is 11.5. The van der Waals surface area contributed by atoms with Crippen molar-refractivity contribution in [2.45, 2.75) is 120 Å². The Labute approximate surface area is 170 Å². The fourth-order valence-corrected chi connectivity index (χ4v) is 4.86. The van der Waals surface area contributed by atoms with Crippen molar-refractivity contribution in [1.82, 2.24) is 0 Å². The Kier molecular flexibility index (Phi) is 7.90. The van der Waals surface area contributed by atoms with Gasteiger partial charge in [0.2, 0.25) is 0 Å². The van der Waals surface area contributed by atoms with Gasteiger partial charge in [-0.15, -0.1) is 0 Å². The van der Waals surface area contributed by atoms with E-state index in [2.05, 4.69) is 6.92 Å². The number of ketones is 1. The molecule has 2 fully saturated rings. The van der Waals surface area contributed by atoms with Crippen LogP contribution in [0, 0.1) is 0 Å². The zero-order chi connectivity index (χ0) is 19.9. The monoisotopic (exact) mass is 390 g/mol. The van der Waals surface area contributed by atoms with Crippen molar-refractivity contribution in [1.29, 1.82) is 0 Å². The summed E-state index contributed by atoms with van der Waals surface area (Å²) in [5, 5.41) is 10.4. The summed E-state index contributed by atoms with van der Waals surface area (Å²) in [6, 6.07) is 0. The molecule has 2 heterocycles. The minimum atomic E-state index is -0.698. The third kappa shape index (κ3) is 6.01. The Hall–Kier alpha value is -0.970. The van der Waals surface area contributed by atoms with Gasteiger partial charge in [0, 0.05) is 12.8 Å². The van der Waals surface area contributed by atoms with E-state index in [4.69, 9.17) is 9.47 Å². The van der Waals surface area contributed by atoms with E-state index in [1.54, 1.807) is 12.2 Å². The number of carbonyl (C=O) groups excluding carboxylic acids is 1. The second-order valence-electron chi connectivity index (χ2n) is 8.99. The van der Waals surface area contributed by atoms with Crippen LogP contribution in [-0.4, -0.2) is 34.5 Å². The highest BCUT2D eigenvalue weighted by atomic mass is 16.7. The lowest BCUT2D eigenvalue weighted by Gasteiger charge is -2.42. The maximum absolute atomic E-state index is 11.4. The summed E-state index contributed by atoms with van der Waals surface area (Å²) in [4.78, 5) is 11.4. The van der Waals surface area contributed by atoms with Crippen molar-refractivity contribution in [3.05, 3.63) is 24.3 Å². The largest absolute Gasteiger partial charge is 0.393 e. The van der Waals surface area contributed by atoms with Gasteiger partial charge >= 0.3 is 0 Å². The maximum atomic E-state index is 11.4. The van der Waals surface area contributed by atoms with E-state index in [1.807, 2.05) is 12.2 Å². The van der Waals surface area contributed by atoms with Gasteiger partial charge in [-0.25, -0.2) is 0 Å². The number of aliphatic hydroxyl groups is 1. The highest BCUT2D eigenvalue weighted by Crippen LogP contribution is 2.47. The van der Waals surface area contributed by atoms with Gasteiger partial charge in [0.15, 0.2) is 11.6 Å². The number of ether oxygens (including phenoxy) is 2. The third-order valence-electron chi connectivity index (χ3n) is 6.42. The second kappa shape index (κ2) is 10.2. The van der Waals surface area contributed by atoms with Crippen molar-refractivity contribution in [3.63, 3.8) is 0 Å². The van der Waals surface area contributed by atoms with E-state index in [1.165, 1.54) is 51.4 Å². The summed E-state index contributed by atoms with van der Waals surface area (Å²) < 4.78 is 12.7. The molecule has 0 aromatic rings. The van der Waals surface area contributed by atoms with E-state index < -0.39 is 11.4 Å². The Balaban J connectivity index is 1.39. The number of rotatable bonds is 10. The van der Waals surface area contributed by atoms with E-state index in [-0.39, 0.29) is 18.0 Å². The molecule has 3 atom stereocenters. The third-order valence-corrected chi connectivity index (χ3v) is 6.42. The molecule has 0 radical (unpaired) electrons. The van der Waals surface area contributed by atoms with Crippen molar-refractivity contribution >= 4 is 5.78 Å². The smallest absolute Gasteiger partial charge is 0.178 e. The predicted molar refractivity (Wildman–Crippen MR) is 111 cm³/mol. The lowest BCUT2D eigenvalue weighted by Crippen LogP contribution is -2.47. The van der Waals surface area contributed by atoms with Crippen LogP contribution in [0.2, 0.25) is 0 Å². The van der Waals surface area contributed by atoms with E-state index in [9.17, 15) is 9.90 Å². The quantitative estimate of drug-likeness (QED) is 0.508.